The van der Waals surface area contributed by atoms with E-state index in [-0.39, 0.29) is 18.9 Å². The first-order valence-corrected chi connectivity index (χ1v) is 13.1. The molecule has 0 unspecified atom stereocenters. The highest BCUT2D eigenvalue weighted by atomic mass is 32.2. The van der Waals surface area contributed by atoms with Crippen molar-refractivity contribution in [3.05, 3.63) is 40.3 Å². The number of hydrogen-bond acceptors (Lipinski definition) is 7. The number of amides is 1. The summed E-state index contributed by atoms with van der Waals surface area (Å²) in [7, 11) is -0.758. The minimum atomic E-state index is -3.57. The molecule has 0 atom stereocenters. The van der Waals surface area contributed by atoms with Gasteiger partial charge in [-0.2, -0.15) is 0 Å². The molecule has 0 aliphatic heterocycles. The molecule has 1 amide bonds. The number of para-hydroxylation sites is 2. The van der Waals surface area contributed by atoms with Crippen molar-refractivity contribution < 1.29 is 27.5 Å². The normalized spacial score (nSPS) is 13.2. The Morgan fingerprint density at radius 2 is 1.88 bits per heavy atom. The summed E-state index contributed by atoms with van der Waals surface area (Å²) in [6, 6.07) is 6.84. The topological polar surface area (TPSA) is 102 Å². The van der Waals surface area contributed by atoms with Gasteiger partial charge in [0, 0.05) is 17.8 Å². The summed E-state index contributed by atoms with van der Waals surface area (Å²) < 4.78 is 36.2. The summed E-state index contributed by atoms with van der Waals surface area (Å²) in [5, 5.41) is 3.36. The number of fused-ring (bicyclic) bond motifs is 1. The number of nitrogens with zero attached hydrogens (tertiary/aromatic N) is 1. The molecule has 174 valence electrons. The van der Waals surface area contributed by atoms with E-state index in [4.69, 9.17) is 9.47 Å². The molecule has 0 bridgehead atoms. The molecule has 2 aromatic rings. The summed E-state index contributed by atoms with van der Waals surface area (Å²) in [6.45, 7) is 0.122. The number of methoxy groups -OCH3 is 2. The van der Waals surface area contributed by atoms with E-state index in [2.05, 4.69) is 5.32 Å². The minimum Gasteiger partial charge on any atom is -0.495 e. The fourth-order valence-electron chi connectivity index (χ4n) is 3.85. The quantitative estimate of drug-likeness (QED) is 0.550. The molecule has 32 heavy (non-hydrogen) atoms. The van der Waals surface area contributed by atoms with Gasteiger partial charge in [-0.3, -0.25) is 9.10 Å². The number of ether oxygens (including phenoxy) is 2. The highest BCUT2D eigenvalue weighted by molar-refractivity contribution is 7.92. The second-order valence-electron chi connectivity index (χ2n) is 7.57. The van der Waals surface area contributed by atoms with Crippen molar-refractivity contribution in [2.24, 2.45) is 0 Å². The van der Waals surface area contributed by atoms with Crippen LogP contribution in [0, 0.1) is 0 Å². The van der Waals surface area contributed by atoms with Crippen molar-refractivity contribution >= 4 is 43.9 Å². The van der Waals surface area contributed by atoms with E-state index in [0.29, 0.717) is 28.4 Å². The molecule has 1 aromatic heterocycles. The van der Waals surface area contributed by atoms with Crippen LogP contribution < -0.4 is 14.4 Å². The van der Waals surface area contributed by atoms with Gasteiger partial charge >= 0.3 is 5.97 Å². The number of sulfonamides is 1. The number of anilines is 2. The van der Waals surface area contributed by atoms with Crippen LogP contribution in [-0.4, -0.2) is 47.3 Å². The zero-order valence-electron chi connectivity index (χ0n) is 18.5. The molecule has 3 rings (SSSR count). The van der Waals surface area contributed by atoms with E-state index in [1.165, 1.54) is 29.9 Å². The molecule has 0 saturated heterocycles. The van der Waals surface area contributed by atoms with E-state index in [1.807, 2.05) is 0 Å². The molecule has 1 aliphatic carbocycles. The summed E-state index contributed by atoms with van der Waals surface area (Å²) in [4.78, 5) is 26.1. The highest BCUT2D eigenvalue weighted by Crippen LogP contribution is 2.38. The maximum atomic E-state index is 12.6. The van der Waals surface area contributed by atoms with Crippen LogP contribution in [0.2, 0.25) is 0 Å². The van der Waals surface area contributed by atoms with E-state index in [9.17, 15) is 18.0 Å². The smallest absolute Gasteiger partial charge is 0.341 e. The number of carbonyl (C=O) groups excluding carboxylic acids is 2. The number of esters is 1. The van der Waals surface area contributed by atoms with Gasteiger partial charge in [-0.25, -0.2) is 13.2 Å². The van der Waals surface area contributed by atoms with Gasteiger partial charge in [0.1, 0.15) is 10.8 Å². The average molecular weight is 481 g/mol. The number of aryl methyl sites for hydroxylation is 1. The third-order valence-corrected chi connectivity index (χ3v) is 7.72. The summed E-state index contributed by atoms with van der Waals surface area (Å²) >= 11 is 1.42. The van der Waals surface area contributed by atoms with Crippen LogP contribution in [-0.2, 0) is 32.4 Å². The van der Waals surface area contributed by atoms with Crippen molar-refractivity contribution in [1.29, 1.82) is 0 Å². The van der Waals surface area contributed by atoms with Crippen molar-refractivity contribution in [2.75, 3.05) is 36.6 Å². The number of hydrogen-bond donors (Lipinski definition) is 1. The molecule has 10 heteroatoms. The van der Waals surface area contributed by atoms with Crippen molar-refractivity contribution in [3.63, 3.8) is 0 Å². The van der Waals surface area contributed by atoms with Crippen LogP contribution in [0.25, 0.3) is 0 Å². The Morgan fingerprint density at radius 3 is 2.56 bits per heavy atom. The highest BCUT2D eigenvalue weighted by Gasteiger charge is 2.27. The van der Waals surface area contributed by atoms with Gasteiger partial charge in [0.15, 0.2) is 0 Å². The first kappa shape index (κ1) is 24.1. The molecule has 0 fully saturated rings. The van der Waals surface area contributed by atoms with Gasteiger partial charge < -0.3 is 14.8 Å². The van der Waals surface area contributed by atoms with Crippen LogP contribution in [0.1, 0.15) is 46.5 Å². The minimum absolute atomic E-state index is 0.102. The largest absolute Gasteiger partial charge is 0.495 e. The summed E-state index contributed by atoms with van der Waals surface area (Å²) in [5.41, 5.74) is 1.85. The molecular formula is C22H28N2O6S2. The Labute approximate surface area is 192 Å². The van der Waals surface area contributed by atoms with Gasteiger partial charge in [-0.15, -0.1) is 11.3 Å². The molecule has 1 aliphatic rings. The second-order valence-corrected chi connectivity index (χ2v) is 10.6. The Bertz CT molecular complexity index is 1090. The summed E-state index contributed by atoms with van der Waals surface area (Å²) in [6.07, 6.45) is 5.28. The molecular weight excluding hydrogens is 452 g/mol. The Kier molecular flexibility index (Phi) is 7.78. The lowest BCUT2D eigenvalue weighted by atomic mass is 9.95. The standard InChI is InChI=1S/C22H28N2O6S2/c1-29-17-11-6-5-10-16(17)24(32(3,27)28)14-8-13-19(25)23-21-20(22(26)30-2)15-9-4-7-12-18(15)31-21/h5-6,10-11H,4,7-9,12-14H2,1-3H3,(H,23,25). The van der Waals surface area contributed by atoms with E-state index >= 15 is 0 Å². The Balaban J connectivity index is 1.69. The maximum absolute atomic E-state index is 12.6. The van der Waals surface area contributed by atoms with Crippen LogP contribution in [0.3, 0.4) is 0 Å². The number of thiophene rings is 1. The molecule has 1 N–H and O–H groups in total. The van der Waals surface area contributed by atoms with Gasteiger partial charge in [-0.05, 0) is 49.8 Å². The zero-order valence-corrected chi connectivity index (χ0v) is 20.1. The first-order chi connectivity index (χ1) is 15.3. The number of carbonyl (C=O) groups is 2. The van der Waals surface area contributed by atoms with E-state index in [0.717, 1.165) is 42.4 Å². The zero-order chi connectivity index (χ0) is 23.3. The predicted molar refractivity (Wildman–Crippen MR) is 125 cm³/mol. The van der Waals surface area contributed by atoms with Crippen molar-refractivity contribution in [3.8, 4) is 5.75 Å². The van der Waals surface area contributed by atoms with Gasteiger partial charge in [0.2, 0.25) is 15.9 Å². The SMILES string of the molecule is COC(=O)c1c(NC(=O)CCCN(c2ccccc2OC)S(C)(=O)=O)sc2c1CCCC2. The van der Waals surface area contributed by atoms with Gasteiger partial charge in [-0.1, -0.05) is 12.1 Å². The van der Waals surface area contributed by atoms with E-state index in [1.54, 1.807) is 24.3 Å². The second kappa shape index (κ2) is 10.4. The monoisotopic (exact) mass is 480 g/mol. The number of rotatable bonds is 9. The van der Waals surface area contributed by atoms with Gasteiger partial charge in [0.25, 0.3) is 0 Å². The lowest BCUT2D eigenvalue weighted by molar-refractivity contribution is -0.116. The van der Waals surface area contributed by atoms with Crippen molar-refractivity contribution in [2.45, 2.75) is 38.5 Å². The molecule has 0 spiro atoms. The van der Waals surface area contributed by atoms with Crippen molar-refractivity contribution in [1.82, 2.24) is 0 Å². The fraction of sp³-hybridized carbons (Fsp3) is 0.455. The number of benzene rings is 1. The van der Waals surface area contributed by atoms with Crippen LogP contribution in [0.15, 0.2) is 24.3 Å². The lowest BCUT2D eigenvalue weighted by Crippen LogP contribution is -2.31. The molecule has 1 aromatic carbocycles. The van der Waals surface area contributed by atoms with Crippen LogP contribution in [0.5, 0.6) is 5.75 Å². The van der Waals surface area contributed by atoms with E-state index < -0.39 is 16.0 Å². The third-order valence-electron chi connectivity index (χ3n) is 5.33. The summed E-state index contributed by atoms with van der Waals surface area (Å²) in [5.74, 6) is -0.282. The predicted octanol–water partition coefficient (Wildman–Crippen LogP) is 3.61. The molecule has 0 radical (unpaired) electrons. The molecule has 1 heterocycles. The fourth-order valence-corrected chi connectivity index (χ4v) is 6.11. The van der Waals surface area contributed by atoms with Crippen LogP contribution >= 0.6 is 11.3 Å². The Hall–Kier alpha value is -2.59. The van der Waals surface area contributed by atoms with Gasteiger partial charge in [0.05, 0.1) is 31.7 Å². The first-order valence-electron chi connectivity index (χ1n) is 10.4. The van der Waals surface area contributed by atoms with Crippen LogP contribution in [0.4, 0.5) is 10.7 Å². The lowest BCUT2D eigenvalue weighted by Gasteiger charge is -2.24. The maximum Gasteiger partial charge on any atom is 0.341 e. The molecule has 8 nitrogen and oxygen atoms in total. The third kappa shape index (κ3) is 5.42. The molecule has 0 saturated carbocycles. The Morgan fingerprint density at radius 1 is 1.16 bits per heavy atom. The number of nitrogens with one attached hydrogen (secondary N) is 1. The average Bonchev–Trinajstić information content (AvgIpc) is 3.13.